The molecule has 0 saturated heterocycles. The molecule has 0 aromatic carbocycles. The van der Waals surface area contributed by atoms with E-state index in [0.717, 1.165) is 0 Å². The summed E-state index contributed by atoms with van der Waals surface area (Å²) in [5, 5.41) is 2.69. The fourth-order valence-electron chi connectivity index (χ4n) is 1.58. The highest BCUT2D eigenvalue weighted by molar-refractivity contribution is 6.30. The quantitative estimate of drug-likeness (QED) is 0.444. The molecule has 0 bridgehead atoms. The predicted molar refractivity (Wildman–Crippen MR) is 78.3 cm³/mol. The lowest BCUT2D eigenvalue weighted by molar-refractivity contribution is 0.102. The van der Waals surface area contributed by atoms with Crippen LogP contribution < -0.4 is 21.3 Å². The second-order valence-corrected chi connectivity index (χ2v) is 4.42. The van der Waals surface area contributed by atoms with Gasteiger partial charge in [0.05, 0.1) is 7.11 Å². The third kappa shape index (κ3) is 3.77. The summed E-state index contributed by atoms with van der Waals surface area (Å²) in [6, 6.07) is 4.51. The Morgan fingerprint density at radius 1 is 1.29 bits per heavy atom. The first kappa shape index (κ1) is 14.9. The van der Waals surface area contributed by atoms with Gasteiger partial charge in [0.2, 0.25) is 11.8 Å². The Bertz CT molecular complexity index is 679. The highest BCUT2D eigenvalue weighted by Gasteiger charge is 2.12. The molecular formula is C12H13ClN6O2. The Hall–Kier alpha value is -2.45. The number of pyridine rings is 1. The van der Waals surface area contributed by atoms with Crippen molar-refractivity contribution in [1.29, 1.82) is 0 Å². The van der Waals surface area contributed by atoms with Crippen molar-refractivity contribution < 1.29 is 9.53 Å². The van der Waals surface area contributed by atoms with Crippen LogP contribution in [0.3, 0.4) is 0 Å². The minimum atomic E-state index is -0.441. The van der Waals surface area contributed by atoms with Gasteiger partial charge in [-0.2, -0.15) is 4.98 Å². The summed E-state index contributed by atoms with van der Waals surface area (Å²) in [7, 11) is 1.48. The third-order valence-corrected chi connectivity index (χ3v) is 2.66. The second kappa shape index (κ2) is 6.33. The molecule has 2 aromatic heterocycles. The van der Waals surface area contributed by atoms with E-state index in [4.69, 9.17) is 22.2 Å². The average molecular weight is 309 g/mol. The number of hydrazine groups is 1. The van der Waals surface area contributed by atoms with Crippen molar-refractivity contribution in [3.05, 3.63) is 34.6 Å². The van der Waals surface area contributed by atoms with E-state index in [0.29, 0.717) is 11.6 Å². The smallest absolute Gasteiger partial charge is 0.258 e. The van der Waals surface area contributed by atoms with Gasteiger partial charge < -0.3 is 10.2 Å². The molecule has 0 atom stereocenters. The lowest BCUT2D eigenvalue weighted by Crippen LogP contribution is -2.16. The van der Waals surface area contributed by atoms with Crippen LogP contribution >= 0.6 is 11.6 Å². The van der Waals surface area contributed by atoms with E-state index in [-0.39, 0.29) is 22.5 Å². The van der Waals surface area contributed by atoms with Gasteiger partial charge >= 0.3 is 0 Å². The number of rotatable bonds is 4. The molecule has 1 amide bonds. The molecule has 2 aromatic rings. The zero-order chi connectivity index (χ0) is 15.4. The first-order chi connectivity index (χ1) is 10.0. The van der Waals surface area contributed by atoms with Gasteiger partial charge in [0.25, 0.3) is 5.91 Å². The number of hydrogen-bond acceptors (Lipinski definition) is 7. The second-order valence-electron chi connectivity index (χ2n) is 4.04. The summed E-state index contributed by atoms with van der Waals surface area (Å²) in [5.74, 6) is 5.57. The van der Waals surface area contributed by atoms with Crippen LogP contribution in [0.25, 0.3) is 0 Å². The Balaban J connectivity index is 2.25. The van der Waals surface area contributed by atoms with Gasteiger partial charge in [0, 0.05) is 17.3 Å². The van der Waals surface area contributed by atoms with Crippen LogP contribution in [0.4, 0.5) is 11.8 Å². The molecule has 0 fully saturated rings. The van der Waals surface area contributed by atoms with Gasteiger partial charge in [-0.05, 0) is 19.1 Å². The molecule has 0 aliphatic rings. The van der Waals surface area contributed by atoms with Crippen LogP contribution in [-0.4, -0.2) is 28.0 Å². The minimum absolute atomic E-state index is 0.132. The number of aryl methyl sites for hydroxylation is 1. The molecule has 0 spiro atoms. The third-order valence-electron chi connectivity index (χ3n) is 2.47. The van der Waals surface area contributed by atoms with Gasteiger partial charge in [-0.15, -0.1) is 0 Å². The number of amides is 1. The number of halogens is 1. The molecule has 0 radical (unpaired) electrons. The van der Waals surface area contributed by atoms with Gasteiger partial charge in [-0.1, -0.05) is 11.6 Å². The molecule has 0 unspecified atom stereocenters. The summed E-state index contributed by atoms with van der Waals surface area (Å²) in [5.41, 5.74) is 3.26. The van der Waals surface area contributed by atoms with Crippen LogP contribution in [0, 0.1) is 6.92 Å². The molecule has 8 nitrogen and oxygen atoms in total. The molecule has 2 heterocycles. The van der Waals surface area contributed by atoms with Crippen molar-refractivity contribution in [2.75, 3.05) is 17.9 Å². The topological polar surface area (TPSA) is 115 Å². The lowest BCUT2D eigenvalue weighted by Gasteiger charge is -2.08. The van der Waals surface area contributed by atoms with Crippen molar-refractivity contribution in [3.8, 4) is 5.88 Å². The molecule has 0 aliphatic carbocycles. The molecule has 110 valence electrons. The van der Waals surface area contributed by atoms with Crippen LogP contribution in [0.5, 0.6) is 5.88 Å². The molecular weight excluding hydrogens is 296 g/mol. The van der Waals surface area contributed by atoms with E-state index in [9.17, 15) is 4.79 Å². The fraction of sp³-hybridized carbons (Fsp3) is 0.167. The highest BCUT2D eigenvalue weighted by atomic mass is 35.5. The van der Waals surface area contributed by atoms with E-state index in [1.165, 1.54) is 19.2 Å². The number of nitrogens with two attached hydrogens (primary N) is 1. The number of nitrogens with zero attached hydrogens (tertiary/aromatic N) is 3. The zero-order valence-corrected chi connectivity index (χ0v) is 12.1. The van der Waals surface area contributed by atoms with Crippen molar-refractivity contribution in [1.82, 2.24) is 15.0 Å². The molecule has 9 heteroatoms. The predicted octanol–water partition coefficient (Wildman–Crippen LogP) is 1.38. The summed E-state index contributed by atoms with van der Waals surface area (Å²) < 4.78 is 5.02. The number of ether oxygens (including phenoxy) is 1. The Labute approximate surface area is 125 Å². The first-order valence-corrected chi connectivity index (χ1v) is 6.25. The van der Waals surface area contributed by atoms with Gasteiger partial charge in [0.1, 0.15) is 11.0 Å². The average Bonchev–Trinajstić information content (AvgIpc) is 2.45. The van der Waals surface area contributed by atoms with E-state index < -0.39 is 5.91 Å². The number of nitrogen functional groups attached to an aromatic ring is 1. The van der Waals surface area contributed by atoms with Crippen LogP contribution in [0.15, 0.2) is 18.2 Å². The van der Waals surface area contributed by atoms with Gasteiger partial charge in [-0.3, -0.25) is 10.1 Å². The Morgan fingerprint density at radius 2 is 2.05 bits per heavy atom. The molecule has 0 saturated carbocycles. The number of aromatic nitrogens is 3. The maximum atomic E-state index is 12.2. The van der Waals surface area contributed by atoms with Crippen LogP contribution in [-0.2, 0) is 0 Å². The Kier molecular flexibility index (Phi) is 4.51. The van der Waals surface area contributed by atoms with E-state index in [1.807, 2.05) is 0 Å². The number of anilines is 2. The summed E-state index contributed by atoms with van der Waals surface area (Å²) >= 11 is 5.81. The highest BCUT2D eigenvalue weighted by Crippen LogP contribution is 2.16. The monoisotopic (exact) mass is 308 g/mol. The normalized spacial score (nSPS) is 10.1. The number of hydrogen-bond donors (Lipinski definition) is 3. The first-order valence-electron chi connectivity index (χ1n) is 5.87. The molecule has 0 aliphatic heterocycles. The van der Waals surface area contributed by atoms with Crippen molar-refractivity contribution >= 4 is 29.3 Å². The molecule has 21 heavy (non-hydrogen) atoms. The molecule has 2 rings (SSSR count). The fourth-order valence-corrected chi connectivity index (χ4v) is 1.78. The number of nitrogens with one attached hydrogen (secondary N) is 2. The summed E-state index contributed by atoms with van der Waals surface area (Å²) in [6.45, 7) is 1.76. The number of carbonyl (C=O) groups excluding carboxylic acids is 1. The standard InChI is InChI=1S/C12H13ClN6O2/c1-6-3-10(21-2)17-12(15-6)18-11(20)7-4-8(13)16-9(5-7)19-14/h3-5H,14H2,1-2H3,(H,16,19)(H,15,17,18,20). The van der Waals surface area contributed by atoms with Crippen molar-refractivity contribution in [2.45, 2.75) is 6.92 Å². The number of carbonyl (C=O) groups is 1. The Morgan fingerprint density at radius 3 is 2.71 bits per heavy atom. The van der Waals surface area contributed by atoms with Crippen molar-refractivity contribution in [3.63, 3.8) is 0 Å². The van der Waals surface area contributed by atoms with E-state index >= 15 is 0 Å². The van der Waals surface area contributed by atoms with Gasteiger partial charge in [-0.25, -0.2) is 15.8 Å². The SMILES string of the molecule is COc1cc(C)nc(NC(=O)c2cc(Cl)nc(NN)c2)n1. The van der Waals surface area contributed by atoms with Crippen LogP contribution in [0.2, 0.25) is 5.15 Å². The minimum Gasteiger partial charge on any atom is -0.481 e. The number of methoxy groups -OCH3 is 1. The summed E-state index contributed by atoms with van der Waals surface area (Å²) in [4.78, 5) is 24.2. The van der Waals surface area contributed by atoms with Crippen molar-refractivity contribution in [2.24, 2.45) is 5.84 Å². The van der Waals surface area contributed by atoms with Gasteiger partial charge in [0.15, 0.2) is 0 Å². The largest absolute Gasteiger partial charge is 0.481 e. The summed E-state index contributed by atoms with van der Waals surface area (Å²) in [6.07, 6.45) is 0. The zero-order valence-electron chi connectivity index (χ0n) is 11.3. The maximum absolute atomic E-state index is 12.2. The lowest BCUT2D eigenvalue weighted by atomic mass is 10.2. The van der Waals surface area contributed by atoms with E-state index in [2.05, 4.69) is 25.7 Å². The van der Waals surface area contributed by atoms with Crippen LogP contribution in [0.1, 0.15) is 16.1 Å². The van der Waals surface area contributed by atoms with E-state index in [1.54, 1.807) is 13.0 Å². The molecule has 4 N–H and O–H groups in total. The maximum Gasteiger partial charge on any atom is 0.258 e.